The monoisotopic (exact) mass is 530 g/mol. The molecular formula is C25H21F3N4O6. The zero-order chi connectivity index (χ0) is 27.0. The highest BCUT2D eigenvalue weighted by atomic mass is 19.4. The van der Waals surface area contributed by atoms with Gasteiger partial charge in [-0.05, 0) is 13.0 Å². The van der Waals surface area contributed by atoms with Crippen LogP contribution in [0.25, 0.3) is 34.3 Å². The molecule has 198 valence electrons. The number of carboxylic acids is 1. The summed E-state index contributed by atoms with van der Waals surface area (Å²) in [6, 6.07) is 11.5. The molecule has 0 radical (unpaired) electrons. The van der Waals surface area contributed by atoms with E-state index in [1.807, 2.05) is 0 Å². The van der Waals surface area contributed by atoms with Crippen molar-refractivity contribution < 1.29 is 42.0 Å². The Hall–Kier alpha value is -4.23. The van der Waals surface area contributed by atoms with Gasteiger partial charge in [-0.2, -0.15) is 18.2 Å². The van der Waals surface area contributed by atoms with Crippen LogP contribution in [0.5, 0.6) is 5.75 Å². The molecule has 1 unspecified atom stereocenters. The summed E-state index contributed by atoms with van der Waals surface area (Å²) in [4.78, 5) is 15.0. The largest absolute Gasteiger partial charge is 0.491 e. The van der Waals surface area contributed by atoms with Gasteiger partial charge in [0.2, 0.25) is 11.6 Å². The molecule has 10 nitrogen and oxygen atoms in total. The molecule has 2 aromatic heterocycles. The number of aliphatic hydroxyl groups excluding tert-OH is 1. The first-order chi connectivity index (χ1) is 18.1. The van der Waals surface area contributed by atoms with Crippen LogP contribution in [0.15, 0.2) is 57.6 Å². The number of halogens is 3. The Bertz CT molecular complexity index is 1450. The van der Waals surface area contributed by atoms with E-state index in [0.29, 0.717) is 16.9 Å². The first-order valence-electron chi connectivity index (χ1n) is 11.5. The number of carbonyl (C=O) groups is 1. The van der Waals surface area contributed by atoms with Gasteiger partial charge in [-0.25, -0.2) is 0 Å². The molecule has 0 saturated heterocycles. The fraction of sp³-hybridized carbons (Fsp3) is 0.280. The van der Waals surface area contributed by atoms with Crippen molar-refractivity contribution in [1.29, 1.82) is 0 Å². The predicted octanol–water partition coefficient (Wildman–Crippen LogP) is 4.32. The van der Waals surface area contributed by atoms with E-state index in [4.69, 9.17) is 18.9 Å². The van der Waals surface area contributed by atoms with Crippen LogP contribution in [0.3, 0.4) is 0 Å². The van der Waals surface area contributed by atoms with Crippen molar-refractivity contribution in [3.63, 3.8) is 0 Å². The average molecular weight is 530 g/mol. The van der Waals surface area contributed by atoms with Crippen molar-refractivity contribution in [3.05, 3.63) is 59.7 Å². The van der Waals surface area contributed by atoms with Gasteiger partial charge in [0.1, 0.15) is 29.7 Å². The zero-order valence-corrected chi connectivity index (χ0v) is 19.8. The van der Waals surface area contributed by atoms with Gasteiger partial charge in [-0.1, -0.05) is 52.8 Å². The Kier molecular flexibility index (Phi) is 6.63. The summed E-state index contributed by atoms with van der Waals surface area (Å²) in [7, 11) is 0. The maximum atomic E-state index is 14.0. The number of hydrogen-bond acceptors (Lipinski definition) is 9. The number of hydrogen-bond donors (Lipinski definition) is 3. The van der Waals surface area contributed by atoms with Gasteiger partial charge in [-0.3, -0.25) is 4.79 Å². The van der Waals surface area contributed by atoms with Crippen molar-refractivity contribution in [2.75, 3.05) is 6.61 Å². The summed E-state index contributed by atoms with van der Waals surface area (Å²) in [5.74, 6) is -1.87. The van der Waals surface area contributed by atoms with Gasteiger partial charge in [0.15, 0.2) is 0 Å². The molecule has 1 aliphatic rings. The SMILES string of the molecule is CC(CC(=O)O)N[C@H]1COc2cc(-c3noc(-c4onc(-c5ccccc5)c4C(F)(F)F)n3)ccc2[C@@H]1O. The summed E-state index contributed by atoms with van der Waals surface area (Å²) in [5.41, 5.74) is -0.500. The second-order valence-electron chi connectivity index (χ2n) is 8.80. The molecule has 0 bridgehead atoms. The zero-order valence-electron chi connectivity index (χ0n) is 19.8. The Morgan fingerprint density at radius 1 is 1.13 bits per heavy atom. The lowest BCUT2D eigenvalue weighted by atomic mass is 9.96. The Morgan fingerprint density at radius 2 is 1.89 bits per heavy atom. The molecule has 38 heavy (non-hydrogen) atoms. The highest BCUT2D eigenvalue weighted by Crippen LogP contribution is 2.43. The van der Waals surface area contributed by atoms with Crippen molar-refractivity contribution in [2.45, 2.75) is 37.7 Å². The summed E-state index contributed by atoms with van der Waals surface area (Å²) in [6.45, 7) is 1.75. The van der Waals surface area contributed by atoms with Crippen LogP contribution in [-0.2, 0) is 11.0 Å². The van der Waals surface area contributed by atoms with Crippen LogP contribution in [-0.4, -0.2) is 50.2 Å². The lowest BCUT2D eigenvalue weighted by molar-refractivity contribution is -0.138. The number of alkyl halides is 3. The van der Waals surface area contributed by atoms with Gasteiger partial charge in [0.05, 0.1) is 12.5 Å². The molecule has 3 atom stereocenters. The van der Waals surface area contributed by atoms with Crippen LogP contribution in [0.1, 0.15) is 30.6 Å². The molecule has 0 spiro atoms. The molecule has 1 aliphatic heterocycles. The summed E-state index contributed by atoms with van der Waals surface area (Å²) in [5, 5.41) is 30.1. The van der Waals surface area contributed by atoms with Crippen molar-refractivity contribution >= 4 is 5.97 Å². The molecule has 0 aliphatic carbocycles. The number of benzene rings is 2. The van der Waals surface area contributed by atoms with Gasteiger partial charge in [-0.15, -0.1) is 0 Å². The Labute approximate surface area is 213 Å². The van der Waals surface area contributed by atoms with Crippen LogP contribution in [0.4, 0.5) is 13.2 Å². The number of carboxylic acid groups (broad SMARTS) is 1. The van der Waals surface area contributed by atoms with E-state index in [1.54, 1.807) is 37.3 Å². The number of nitrogens with one attached hydrogen (secondary N) is 1. The van der Waals surface area contributed by atoms with Crippen molar-refractivity contribution in [3.8, 4) is 40.0 Å². The minimum atomic E-state index is -4.81. The number of aliphatic hydroxyl groups is 1. The maximum absolute atomic E-state index is 14.0. The molecule has 5 rings (SSSR count). The normalized spacial score (nSPS) is 18.0. The van der Waals surface area contributed by atoms with E-state index in [9.17, 15) is 23.1 Å². The minimum Gasteiger partial charge on any atom is -0.491 e. The molecule has 2 aromatic carbocycles. The topological polar surface area (TPSA) is 144 Å². The van der Waals surface area contributed by atoms with E-state index >= 15 is 0 Å². The standard InChI is InChI=1S/C25H21F3N4O6/c1-12(9-18(33)34)29-16-11-36-17-10-14(7-8-15(17)21(16)35)23-30-24(38-32-23)22-19(25(26,27)28)20(31-37-22)13-5-3-2-4-6-13/h2-8,10,12,16,21,29,35H,9,11H2,1H3,(H,33,34)/t12?,16-,21-/m0/s1. The fourth-order valence-electron chi connectivity index (χ4n) is 4.28. The Balaban J connectivity index is 1.41. The molecule has 13 heteroatoms. The quantitative estimate of drug-likeness (QED) is 0.316. The highest BCUT2D eigenvalue weighted by molar-refractivity contribution is 5.71. The average Bonchev–Trinajstić information content (AvgIpc) is 3.53. The molecule has 4 aromatic rings. The van der Waals surface area contributed by atoms with E-state index in [0.717, 1.165) is 0 Å². The van der Waals surface area contributed by atoms with Gasteiger partial charge in [0, 0.05) is 22.7 Å². The van der Waals surface area contributed by atoms with Crippen LogP contribution < -0.4 is 10.1 Å². The smallest absolute Gasteiger partial charge is 0.422 e. The van der Waals surface area contributed by atoms with E-state index < -0.39 is 53.2 Å². The first-order valence-corrected chi connectivity index (χ1v) is 11.5. The number of aliphatic carboxylic acids is 1. The number of nitrogens with zero attached hydrogens (tertiary/aromatic N) is 3. The summed E-state index contributed by atoms with van der Waals surface area (Å²) >= 11 is 0. The maximum Gasteiger partial charge on any atom is 0.422 e. The lowest BCUT2D eigenvalue weighted by Gasteiger charge is -2.32. The molecule has 0 fully saturated rings. The lowest BCUT2D eigenvalue weighted by Crippen LogP contribution is -2.47. The van der Waals surface area contributed by atoms with Crippen LogP contribution >= 0.6 is 0 Å². The fourth-order valence-corrected chi connectivity index (χ4v) is 4.28. The van der Waals surface area contributed by atoms with Gasteiger partial charge < -0.3 is 29.3 Å². The number of rotatable bonds is 7. The first kappa shape index (κ1) is 25.4. The molecule has 3 N–H and O–H groups in total. The van der Waals surface area contributed by atoms with Crippen molar-refractivity contribution in [1.82, 2.24) is 20.6 Å². The Morgan fingerprint density at radius 3 is 2.61 bits per heavy atom. The molecule has 0 saturated carbocycles. The minimum absolute atomic E-state index is 0.0259. The van der Waals surface area contributed by atoms with E-state index in [2.05, 4.69) is 20.6 Å². The second kappa shape index (κ2) is 9.91. The highest BCUT2D eigenvalue weighted by Gasteiger charge is 2.43. The van der Waals surface area contributed by atoms with Crippen LogP contribution in [0.2, 0.25) is 0 Å². The van der Waals surface area contributed by atoms with Crippen molar-refractivity contribution in [2.24, 2.45) is 0 Å². The van der Waals surface area contributed by atoms with E-state index in [-0.39, 0.29) is 24.4 Å². The summed E-state index contributed by atoms with van der Waals surface area (Å²) < 4.78 is 57.8. The predicted molar refractivity (Wildman–Crippen MR) is 125 cm³/mol. The van der Waals surface area contributed by atoms with E-state index in [1.165, 1.54) is 18.2 Å². The third kappa shape index (κ3) is 4.97. The molecule has 0 amide bonds. The number of fused-ring (bicyclic) bond motifs is 1. The second-order valence-corrected chi connectivity index (χ2v) is 8.80. The molecular weight excluding hydrogens is 509 g/mol. The van der Waals surface area contributed by atoms with Gasteiger partial charge >= 0.3 is 12.1 Å². The summed E-state index contributed by atoms with van der Waals surface area (Å²) in [6.07, 6.45) is -5.91. The number of aromatic nitrogens is 3. The molecule has 3 heterocycles. The van der Waals surface area contributed by atoms with Crippen LogP contribution in [0, 0.1) is 0 Å². The third-order valence-corrected chi connectivity index (χ3v) is 6.01. The number of ether oxygens (including phenoxy) is 1. The van der Waals surface area contributed by atoms with Gasteiger partial charge in [0.25, 0.3) is 5.89 Å². The third-order valence-electron chi connectivity index (χ3n) is 6.01.